The quantitative estimate of drug-likeness (QED) is 0.753. The SMILES string of the molecule is C[C@H](O)[C@@H]1O[C@@H](n2ccc(=O)[nH]c2=O)C[C@@H]1n1cncn1. The van der Waals surface area contributed by atoms with Crippen LogP contribution >= 0.6 is 0 Å². The summed E-state index contributed by atoms with van der Waals surface area (Å²) in [6.45, 7) is 1.62. The van der Waals surface area contributed by atoms with Gasteiger partial charge in [0.1, 0.15) is 25.0 Å². The molecule has 0 spiro atoms. The van der Waals surface area contributed by atoms with E-state index in [0.29, 0.717) is 6.42 Å². The predicted molar refractivity (Wildman–Crippen MR) is 70.6 cm³/mol. The molecule has 1 fully saturated rings. The molecule has 0 aliphatic carbocycles. The van der Waals surface area contributed by atoms with Crippen molar-refractivity contribution in [1.29, 1.82) is 0 Å². The van der Waals surface area contributed by atoms with Crippen molar-refractivity contribution < 1.29 is 9.84 Å². The molecule has 0 aromatic carbocycles. The average Bonchev–Trinajstić information content (AvgIpc) is 3.07. The zero-order chi connectivity index (χ0) is 15.0. The Morgan fingerprint density at radius 2 is 2.33 bits per heavy atom. The Morgan fingerprint density at radius 1 is 1.52 bits per heavy atom. The standard InChI is InChI=1S/C12H15N5O4/c1-7(18)11-8(17-6-13-5-14-17)4-10(21-11)16-3-2-9(19)15-12(16)20/h2-3,5-8,10-11,18H,4H2,1H3,(H,15,19,20)/t7-,8-,10+,11-/m0/s1. The third kappa shape index (κ3) is 2.52. The normalized spacial score (nSPS) is 26.9. The van der Waals surface area contributed by atoms with E-state index in [-0.39, 0.29) is 6.04 Å². The predicted octanol–water partition coefficient (Wildman–Crippen LogP) is -0.962. The number of aliphatic hydroxyl groups excluding tert-OH is 1. The highest BCUT2D eigenvalue weighted by atomic mass is 16.5. The van der Waals surface area contributed by atoms with Gasteiger partial charge in [-0.1, -0.05) is 0 Å². The molecule has 2 N–H and O–H groups in total. The molecule has 112 valence electrons. The highest BCUT2D eigenvalue weighted by Crippen LogP contribution is 2.36. The van der Waals surface area contributed by atoms with Gasteiger partial charge in [-0.15, -0.1) is 0 Å². The number of aliphatic hydroxyl groups is 1. The van der Waals surface area contributed by atoms with Gasteiger partial charge in [0.25, 0.3) is 5.56 Å². The van der Waals surface area contributed by atoms with E-state index in [1.54, 1.807) is 17.9 Å². The second-order valence-corrected chi connectivity index (χ2v) is 4.99. The molecule has 3 heterocycles. The first-order chi connectivity index (χ1) is 10.1. The zero-order valence-electron chi connectivity index (χ0n) is 11.3. The Hall–Kier alpha value is -2.26. The summed E-state index contributed by atoms with van der Waals surface area (Å²) < 4.78 is 8.67. The first-order valence-electron chi connectivity index (χ1n) is 6.55. The smallest absolute Gasteiger partial charge is 0.330 e. The summed E-state index contributed by atoms with van der Waals surface area (Å²) in [4.78, 5) is 29.0. The van der Waals surface area contributed by atoms with E-state index in [4.69, 9.17) is 4.74 Å². The number of ether oxygens (including phenoxy) is 1. The fourth-order valence-electron chi connectivity index (χ4n) is 2.58. The minimum Gasteiger partial charge on any atom is -0.391 e. The molecule has 21 heavy (non-hydrogen) atoms. The summed E-state index contributed by atoms with van der Waals surface area (Å²) in [5.74, 6) is 0. The van der Waals surface area contributed by atoms with Crippen LogP contribution < -0.4 is 11.2 Å². The molecule has 1 saturated heterocycles. The van der Waals surface area contributed by atoms with Gasteiger partial charge in [-0.3, -0.25) is 14.3 Å². The topological polar surface area (TPSA) is 115 Å². The van der Waals surface area contributed by atoms with E-state index in [0.717, 1.165) is 0 Å². The minimum absolute atomic E-state index is 0.240. The van der Waals surface area contributed by atoms with Crippen molar-refractivity contribution in [2.45, 2.75) is 37.8 Å². The third-order valence-corrected chi connectivity index (χ3v) is 3.55. The minimum atomic E-state index is -0.734. The van der Waals surface area contributed by atoms with E-state index < -0.39 is 29.7 Å². The molecule has 2 aromatic rings. The van der Waals surface area contributed by atoms with E-state index in [1.807, 2.05) is 0 Å². The van der Waals surface area contributed by atoms with Crippen LogP contribution in [0.15, 0.2) is 34.5 Å². The lowest BCUT2D eigenvalue weighted by Crippen LogP contribution is -2.33. The van der Waals surface area contributed by atoms with Crippen LogP contribution in [0.5, 0.6) is 0 Å². The maximum Gasteiger partial charge on any atom is 0.330 e. The first kappa shape index (κ1) is 13.7. The number of aromatic nitrogens is 5. The van der Waals surface area contributed by atoms with Crippen LogP contribution in [-0.2, 0) is 4.74 Å². The fraction of sp³-hybridized carbons (Fsp3) is 0.500. The van der Waals surface area contributed by atoms with Crippen LogP contribution in [-0.4, -0.2) is 41.6 Å². The highest BCUT2D eigenvalue weighted by Gasteiger charge is 2.40. The number of nitrogens with zero attached hydrogens (tertiary/aromatic N) is 4. The van der Waals surface area contributed by atoms with Gasteiger partial charge in [-0.05, 0) is 6.92 Å². The molecule has 0 saturated carbocycles. The monoisotopic (exact) mass is 293 g/mol. The van der Waals surface area contributed by atoms with Crippen molar-refractivity contribution in [1.82, 2.24) is 24.3 Å². The second-order valence-electron chi connectivity index (χ2n) is 4.99. The molecular weight excluding hydrogens is 278 g/mol. The van der Waals surface area contributed by atoms with Crippen molar-refractivity contribution in [2.24, 2.45) is 0 Å². The summed E-state index contributed by atoms with van der Waals surface area (Å²) in [5.41, 5.74) is -1.01. The number of hydrogen-bond acceptors (Lipinski definition) is 6. The molecule has 4 atom stereocenters. The van der Waals surface area contributed by atoms with Crippen molar-refractivity contribution in [2.75, 3.05) is 0 Å². The lowest BCUT2D eigenvalue weighted by molar-refractivity contribution is -0.0633. The lowest BCUT2D eigenvalue weighted by Gasteiger charge is -2.20. The van der Waals surface area contributed by atoms with Gasteiger partial charge in [0.15, 0.2) is 0 Å². The molecular formula is C12H15N5O4. The molecule has 0 radical (unpaired) electrons. The first-order valence-corrected chi connectivity index (χ1v) is 6.55. The summed E-state index contributed by atoms with van der Waals surface area (Å²) >= 11 is 0. The van der Waals surface area contributed by atoms with E-state index in [9.17, 15) is 14.7 Å². The van der Waals surface area contributed by atoms with Crippen LogP contribution in [0.4, 0.5) is 0 Å². The van der Waals surface area contributed by atoms with E-state index in [1.165, 1.54) is 23.2 Å². The van der Waals surface area contributed by atoms with Crippen molar-refractivity contribution in [3.05, 3.63) is 45.8 Å². The van der Waals surface area contributed by atoms with Gasteiger partial charge < -0.3 is 9.84 Å². The van der Waals surface area contributed by atoms with Gasteiger partial charge in [-0.2, -0.15) is 5.10 Å². The van der Waals surface area contributed by atoms with Crippen molar-refractivity contribution >= 4 is 0 Å². The van der Waals surface area contributed by atoms with Crippen LogP contribution in [0.2, 0.25) is 0 Å². The average molecular weight is 293 g/mol. The molecule has 1 aliphatic heterocycles. The Kier molecular flexibility index (Phi) is 3.43. The van der Waals surface area contributed by atoms with E-state index in [2.05, 4.69) is 15.1 Å². The van der Waals surface area contributed by atoms with Crippen LogP contribution in [0.25, 0.3) is 0 Å². The summed E-state index contributed by atoms with van der Waals surface area (Å²) in [7, 11) is 0. The van der Waals surface area contributed by atoms with Gasteiger partial charge in [0, 0.05) is 18.7 Å². The third-order valence-electron chi connectivity index (χ3n) is 3.55. The van der Waals surface area contributed by atoms with Crippen LogP contribution in [0.3, 0.4) is 0 Å². The summed E-state index contributed by atoms with van der Waals surface area (Å²) in [6, 6.07) is 1.02. The Balaban J connectivity index is 1.93. The fourth-order valence-corrected chi connectivity index (χ4v) is 2.58. The van der Waals surface area contributed by atoms with Gasteiger partial charge in [-0.25, -0.2) is 14.5 Å². The molecule has 3 rings (SSSR count). The number of nitrogens with one attached hydrogen (secondary N) is 1. The maximum atomic E-state index is 11.8. The molecule has 2 aromatic heterocycles. The van der Waals surface area contributed by atoms with Crippen LogP contribution in [0, 0.1) is 0 Å². The highest BCUT2D eigenvalue weighted by molar-refractivity contribution is 4.91. The number of hydrogen-bond donors (Lipinski definition) is 2. The number of rotatable bonds is 3. The molecule has 0 amide bonds. The van der Waals surface area contributed by atoms with Gasteiger partial charge in [0.05, 0.1) is 12.1 Å². The maximum absolute atomic E-state index is 11.8. The largest absolute Gasteiger partial charge is 0.391 e. The Bertz CT molecular complexity index is 720. The second kappa shape index (κ2) is 5.26. The summed E-state index contributed by atoms with van der Waals surface area (Å²) in [5, 5.41) is 13.9. The Labute approximate surface area is 118 Å². The summed E-state index contributed by atoms with van der Waals surface area (Å²) in [6.07, 6.45) is 2.93. The lowest BCUT2D eigenvalue weighted by atomic mass is 10.1. The number of H-pyrrole nitrogens is 1. The molecule has 9 nitrogen and oxygen atoms in total. The zero-order valence-corrected chi connectivity index (χ0v) is 11.3. The van der Waals surface area contributed by atoms with Crippen LogP contribution in [0.1, 0.15) is 25.6 Å². The van der Waals surface area contributed by atoms with Gasteiger partial charge >= 0.3 is 5.69 Å². The van der Waals surface area contributed by atoms with Crippen molar-refractivity contribution in [3.63, 3.8) is 0 Å². The van der Waals surface area contributed by atoms with Crippen molar-refractivity contribution in [3.8, 4) is 0 Å². The Morgan fingerprint density at radius 3 is 2.95 bits per heavy atom. The van der Waals surface area contributed by atoms with Gasteiger partial charge in [0.2, 0.25) is 0 Å². The number of aromatic amines is 1. The molecule has 0 bridgehead atoms. The molecule has 9 heteroatoms. The molecule has 1 aliphatic rings. The molecule has 0 unspecified atom stereocenters. The van der Waals surface area contributed by atoms with E-state index >= 15 is 0 Å².